The molecule has 0 aromatic heterocycles. The zero-order valence-corrected chi connectivity index (χ0v) is 12.2. The molecule has 4 heteroatoms. The summed E-state index contributed by atoms with van der Waals surface area (Å²) in [6.45, 7) is 2.32. The van der Waals surface area contributed by atoms with Crippen molar-refractivity contribution in [2.45, 2.75) is 62.0 Å². The van der Waals surface area contributed by atoms with Crippen LogP contribution in [0.25, 0.3) is 0 Å². The van der Waals surface area contributed by atoms with Gasteiger partial charge in [0.05, 0.1) is 23.7 Å². The molecule has 18 heavy (non-hydrogen) atoms. The Kier molecular flexibility index (Phi) is 5.74. The van der Waals surface area contributed by atoms with E-state index in [1.807, 2.05) is 0 Å². The van der Waals surface area contributed by atoms with E-state index in [9.17, 15) is 0 Å². The van der Waals surface area contributed by atoms with Gasteiger partial charge in [0.1, 0.15) is 0 Å². The topological polar surface area (TPSA) is 30.5 Å². The van der Waals surface area contributed by atoms with Gasteiger partial charge in [-0.05, 0) is 25.7 Å². The first-order valence-corrected chi connectivity index (χ1v) is 7.69. The standard InChI is InChI=1S/C14H26ClNO2/c1-17-11-12(15)9-16-10-13-5-8-14(18-13)6-3-2-4-7-14/h12-13,16H,2-11H2,1H3. The van der Waals surface area contributed by atoms with E-state index in [1.54, 1.807) is 7.11 Å². The van der Waals surface area contributed by atoms with Gasteiger partial charge in [-0.1, -0.05) is 19.3 Å². The molecule has 106 valence electrons. The molecule has 2 unspecified atom stereocenters. The molecule has 0 aromatic carbocycles. The highest BCUT2D eigenvalue weighted by molar-refractivity contribution is 6.20. The van der Waals surface area contributed by atoms with Gasteiger partial charge in [-0.3, -0.25) is 0 Å². The molecule has 0 aromatic rings. The van der Waals surface area contributed by atoms with Crippen molar-refractivity contribution in [3.8, 4) is 0 Å². The molecule has 1 aliphatic carbocycles. The second-order valence-corrected chi connectivity index (χ2v) is 6.35. The summed E-state index contributed by atoms with van der Waals surface area (Å²) in [6, 6.07) is 0. The lowest BCUT2D eigenvalue weighted by atomic mass is 9.83. The molecular formula is C14H26ClNO2. The molecule has 0 bridgehead atoms. The van der Waals surface area contributed by atoms with E-state index in [2.05, 4.69) is 5.32 Å². The third kappa shape index (κ3) is 4.09. The van der Waals surface area contributed by atoms with Gasteiger partial charge in [0.2, 0.25) is 0 Å². The summed E-state index contributed by atoms with van der Waals surface area (Å²) in [5.74, 6) is 0. The zero-order valence-electron chi connectivity index (χ0n) is 11.4. The van der Waals surface area contributed by atoms with Crippen LogP contribution in [0.1, 0.15) is 44.9 Å². The summed E-state index contributed by atoms with van der Waals surface area (Å²) in [6.07, 6.45) is 9.45. The molecule has 1 N–H and O–H groups in total. The Hall–Kier alpha value is 0.170. The number of hydrogen-bond acceptors (Lipinski definition) is 3. The van der Waals surface area contributed by atoms with Crippen molar-refractivity contribution in [2.75, 3.05) is 26.8 Å². The van der Waals surface area contributed by atoms with Gasteiger partial charge in [-0.2, -0.15) is 0 Å². The van der Waals surface area contributed by atoms with Gasteiger partial charge in [0, 0.05) is 20.2 Å². The van der Waals surface area contributed by atoms with Crippen LogP contribution < -0.4 is 5.32 Å². The first kappa shape index (κ1) is 14.6. The lowest BCUT2D eigenvalue weighted by Crippen LogP contribution is -2.36. The minimum Gasteiger partial charge on any atom is -0.383 e. The van der Waals surface area contributed by atoms with Crippen LogP contribution in [0.3, 0.4) is 0 Å². The number of ether oxygens (including phenoxy) is 2. The van der Waals surface area contributed by atoms with Gasteiger partial charge in [0.15, 0.2) is 0 Å². The van der Waals surface area contributed by atoms with Gasteiger partial charge >= 0.3 is 0 Å². The summed E-state index contributed by atoms with van der Waals surface area (Å²) < 4.78 is 11.3. The fraction of sp³-hybridized carbons (Fsp3) is 1.00. The molecule has 1 saturated heterocycles. The highest BCUT2D eigenvalue weighted by Gasteiger charge is 2.40. The average Bonchev–Trinajstić information content (AvgIpc) is 2.74. The number of rotatable bonds is 6. The molecule has 2 rings (SSSR count). The third-order valence-electron chi connectivity index (χ3n) is 4.19. The third-order valence-corrected chi connectivity index (χ3v) is 4.47. The van der Waals surface area contributed by atoms with E-state index in [-0.39, 0.29) is 11.0 Å². The van der Waals surface area contributed by atoms with E-state index < -0.39 is 0 Å². The molecule has 0 radical (unpaired) electrons. The molecule has 1 spiro atoms. The molecule has 1 aliphatic heterocycles. The van der Waals surface area contributed by atoms with Crippen molar-refractivity contribution in [3.05, 3.63) is 0 Å². The number of alkyl halides is 1. The van der Waals surface area contributed by atoms with Crippen LogP contribution in [-0.4, -0.2) is 43.9 Å². The molecule has 2 fully saturated rings. The maximum atomic E-state index is 6.29. The Balaban J connectivity index is 1.63. The minimum atomic E-state index is 0.0556. The van der Waals surface area contributed by atoms with Gasteiger partial charge in [-0.15, -0.1) is 11.6 Å². The fourth-order valence-electron chi connectivity index (χ4n) is 3.24. The van der Waals surface area contributed by atoms with Crippen molar-refractivity contribution < 1.29 is 9.47 Å². The fourth-order valence-corrected chi connectivity index (χ4v) is 3.48. The summed E-state index contributed by atoms with van der Waals surface area (Å²) in [7, 11) is 1.68. The Morgan fingerprint density at radius 1 is 1.33 bits per heavy atom. The molecule has 1 heterocycles. The lowest BCUT2D eigenvalue weighted by Gasteiger charge is -2.33. The Labute approximate surface area is 116 Å². The van der Waals surface area contributed by atoms with Crippen molar-refractivity contribution in [2.24, 2.45) is 0 Å². The molecule has 0 amide bonds. The minimum absolute atomic E-state index is 0.0556. The quantitative estimate of drug-likeness (QED) is 0.756. The summed E-state index contributed by atoms with van der Waals surface area (Å²) >= 11 is 6.08. The monoisotopic (exact) mass is 275 g/mol. The average molecular weight is 276 g/mol. The predicted molar refractivity (Wildman–Crippen MR) is 74.3 cm³/mol. The van der Waals surface area contributed by atoms with Crippen LogP contribution in [0.5, 0.6) is 0 Å². The first-order valence-electron chi connectivity index (χ1n) is 7.26. The van der Waals surface area contributed by atoms with Crippen molar-refractivity contribution >= 4 is 11.6 Å². The van der Waals surface area contributed by atoms with Crippen molar-refractivity contribution in [1.82, 2.24) is 5.32 Å². The van der Waals surface area contributed by atoms with Crippen LogP contribution in [0.15, 0.2) is 0 Å². The molecule has 2 atom stereocenters. The number of halogens is 1. The van der Waals surface area contributed by atoms with E-state index in [4.69, 9.17) is 21.1 Å². The second-order valence-electron chi connectivity index (χ2n) is 5.73. The van der Waals surface area contributed by atoms with Crippen LogP contribution in [0.4, 0.5) is 0 Å². The summed E-state index contributed by atoms with van der Waals surface area (Å²) in [4.78, 5) is 0. The Bertz CT molecular complexity index is 244. The van der Waals surface area contributed by atoms with Gasteiger partial charge in [0.25, 0.3) is 0 Å². The van der Waals surface area contributed by atoms with E-state index >= 15 is 0 Å². The maximum absolute atomic E-state index is 6.29. The molecule has 1 saturated carbocycles. The van der Waals surface area contributed by atoms with Crippen LogP contribution in [0, 0.1) is 0 Å². The summed E-state index contributed by atoms with van der Waals surface area (Å²) in [5.41, 5.74) is 0.234. The molecule has 3 nitrogen and oxygen atoms in total. The van der Waals surface area contributed by atoms with Crippen molar-refractivity contribution in [1.29, 1.82) is 0 Å². The number of hydrogen-bond donors (Lipinski definition) is 1. The van der Waals surface area contributed by atoms with E-state index in [0.717, 1.165) is 13.1 Å². The largest absolute Gasteiger partial charge is 0.383 e. The summed E-state index contributed by atoms with van der Waals surface area (Å²) in [5, 5.41) is 3.45. The molecular weight excluding hydrogens is 250 g/mol. The maximum Gasteiger partial charge on any atom is 0.0708 e. The van der Waals surface area contributed by atoms with E-state index in [1.165, 1.54) is 44.9 Å². The predicted octanol–water partition coefficient (Wildman–Crippen LogP) is 2.71. The number of methoxy groups -OCH3 is 1. The smallest absolute Gasteiger partial charge is 0.0708 e. The van der Waals surface area contributed by atoms with E-state index in [0.29, 0.717) is 12.7 Å². The van der Waals surface area contributed by atoms with Crippen LogP contribution in [0.2, 0.25) is 0 Å². The molecule has 2 aliphatic rings. The Morgan fingerprint density at radius 2 is 2.11 bits per heavy atom. The van der Waals surface area contributed by atoms with Crippen molar-refractivity contribution in [3.63, 3.8) is 0 Å². The number of nitrogens with one attached hydrogen (secondary N) is 1. The van der Waals surface area contributed by atoms with Crippen LogP contribution >= 0.6 is 11.6 Å². The second kappa shape index (κ2) is 7.09. The lowest BCUT2D eigenvalue weighted by molar-refractivity contribution is -0.0623. The van der Waals surface area contributed by atoms with Gasteiger partial charge in [-0.25, -0.2) is 0 Å². The Morgan fingerprint density at radius 3 is 2.83 bits per heavy atom. The first-order chi connectivity index (χ1) is 8.74. The van der Waals surface area contributed by atoms with Crippen LogP contribution in [-0.2, 0) is 9.47 Å². The van der Waals surface area contributed by atoms with Gasteiger partial charge < -0.3 is 14.8 Å². The SMILES string of the molecule is COCC(Cl)CNCC1CCC2(CCCCC2)O1. The highest BCUT2D eigenvalue weighted by Crippen LogP contribution is 2.41. The zero-order chi connectivity index (χ0) is 12.8. The normalized spacial score (nSPS) is 28.7. The highest BCUT2D eigenvalue weighted by atomic mass is 35.5.